The summed E-state index contributed by atoms with van der Waals surface area (Å²) in [6, 6.07) is 11.0. The Balaban J connectivity index is 1.62. The Morgan fingerprint density at radius 1 is 1.28 bits per heavy atom. The highest BCUT2D eigenvalue weighted by atomic mass is 16.5. The zero-order chi connectivity index (χ0) is 17.9. The second-order valence-electron chi connectivity index (χ2n) is 6.69. The van der Waals surface area contributed by atoms with Gasteiger partial charge in [0.05, 0.1) is 6.04 Å². The lowest BCUT2D eigenvalue weighted by molar-refractivity contribution is -0.126. The molecule has 25 heavy (non-hydrogen) atoms. The summed E-state index contributed by atoms with van der Waals surface area (Å²) in [6.07, 6.45) is 3.06. The van der Waals surface area contributed by atoms with Crippen molar-refractivity contribution < 1.29 is 9.53 Å². The number of carbonyl (C=O) groups is 1. The van der Waals surface area contributed by atoms with Crippen LogP contribution in [0.2, 0.25) is 0 Å². The second-order valence-corrected chi connectivity index (χ2v) is 6.69. The summed E-state index contributed by atoms with van der Waals surface area (Å²) in [7, 11) is 0. The van der Waals surface area contributed by atoms with Crippen LogP contribution in [0.25, 0.3) is 0 Å². The summed E-state index contributed by atoms with van der Waals surface area (Å²) < 4.78 is 5.29. The lowest BCUT2D eigenvalue weighted by atomic mass is 10.0. The molecule has 1 aliphatic heterocycles. The maximum absolute atomic E-state index is 12.3. The molecule has 2 rings (SSSR count). The fourth-order valence-electron chi connectivity index (χ4n) is 3.19. The molecule has 0 unspecified atom stereocenters. The van der Waals surface area contributed by atoms with Crippen molar-refractivity contribution in [3.05, 3.63) is 35.9 Å². The summed E-state index contributed by atoms with van der Waals surface area (Å²) in [4.78, 5) is 14.5. The van der Waals surface area contributed by atoms with Gasteiger partial charge in [-0.25, -0.2) is 0 Å². The quantitative estimate of drug-likeness (QED) is 0.637. The van der Waals surface area contributed by atoms with E-state index in [1.54, 1.807) is 0 Å². The van der Waals surface area contributed by atoms with Crippen molar-refractivity contribution in [2.75, 3.05) is 32.8 Å². The second kappa shape index (κ2) is 11.2. The number of rotatable bonds is 10. The van der Waals surface area contributed by atoms with Crippen LogP contribution in [-0.4, -0.2) is 55.7 Å². The van der Waals surface area contributed by atoms with Crippen LogP contribution in [0.4, 0.5) is 0 Å². The average Bonchev–Trinajstić information content (AvgIpc) is 2.66. The molecule has 1 atom stereocenters. The predicted molar refractivity (Wildman–Crippen MR) is 101 cm³/mol. The summed E-state index contributed by atoms with van der Waals surface area (Å²) in [5.41, 5.74) is 1.32. The van der Waals surface area contributed by atoms with Gasteiger partial charge in [0.15, 0.2) is 0 Å². The van der Waals surface area contributed by atoms with E-state index >= 15 is 0 Å². The number of hydrogen-bond acceptors (Lipinski definition) is 4. The standard InChI is InChI=1S/C20H33N3O2/c1-3-25-15-7-12-21-20(24)17(2)23-13-10-19(11-14-23)22-16-18-8-5-4-6-9-18/h4-6,8-9,17,19,22H,3,7,10-16H2,1-2H3,(H,21,24)/t17-/m1/s1. The number of piperidine rings is 1. The van der Waals surface area contributed by atoms with Crippen molar-refractivity contribution in [3.63, 3.8) is 0 Å². The molecule has 1 amide bonds. The van der Waals surface area contributed by atoms with Crippen LogP contribution >= 0.6 is 0 Å². The molecule has 1 fully saturated rings. The topological polar surface area (TPSA) is 53.6 Å². The van der Waals surface area contributed by atoms with E-state index in [4.69, 9.17) is 4.74 Å². The van der Waals surface area contributed by atoms with E-state index in [0.717, 1.165) is 45.5 Å². The fourth-order valence-corrected chi connectivity index (χ4v) is 3.19. The maximum Gasteiger partial charge on any atom is 0.237 e. The smallest absolute Gasteiger partial charge is 0.237 e. The number of carbonyl (C=O) groups excluding carboxylic acids is 1. The molecule has 5 nitrogen and oxygen atoms in total. The fraction of sp³-hybridized carbons (Fsp3) is 0.650. The molecule has 0 radical (unpaired) electrons. The average molecular weight is 348 g/mol. The van der Waals surface area contributed by atoms with E-state index in [0.29, 0.717) is 19.2 Å². The summed E-state index contributed by atoms with van der Waals surface area (Å²) in [5.74, 6) is 0.132. The Hall–Kier alpha value is -1.43. The molecule has 0 aromatic heterocycles. The van der Waals surface area contributed by atoms with E-state index < -0.39 is 0 Å². The van der Waals surface area contributed by atoms with Gasteiger partial charge in [0.25, 0.3) is 0 Å². The number of likely N-dealkylation sites (tertiary alicyclic amines) is 1. The maximum atomic E-state index is 12.3. The third kappa shape index (κ3) is 7.14. The normalized spacial score (nSPS) is 17.4. The monoisotopic (exact) mass is 347 g/mol. The van der Waals surface area contributed by atoms with Gasteiger partial charge in [-0.15, -0.1) is 0 Å². The minimum Gasteiger partial charge on any atom is -0.382 e. The van der Waals surface area contributed by atoms with Gasteiger partial charge in [-0.3, -0.25) is 9.69 Å². The molecule has 2 N–H and O–H groups in total. The molecule has 0 saturated carbocycles. The minimum atomic E-state index is -0.0535. The van der Waals surface area contributed by atoms with Crippen molar-refractivity contribution in [1.82, 2.24) is 15.5 Å². The van der Waals surface area contributed by atoms with Crippen LogP contribution in [0.1, 0.15) is 38.7 Å². The molecular weight excluding hydrogens is 314 g/mol. The highest BCUT2D eigenvalue weighted by molar-refractivity contribution is 5.81. The van der Waals surface area contributed by atoms with Crippen LogP contribution in [0.3, 0.4) is 0 Å². The lowest BCUT2D eigenvalue weighted by Crippen LogP contribution is -2.51. The van der Waals surface area contributed by atoms with Gasteiger partial charge in [0.2, 0.25) is 5.91 Å². The Bertz CT molecular complexity index is 487. The van der Waals surface area contributed by atoms with Gasteiger partial charge < -0.3 is 15.4 Å². The Labute approximate surface area is 152 Å². The number of nitrogens with one attached hydrogen (secondary N) is 2. The number of benzene rings is 1. The first kappa shape index (κ1) is 19.9. The van der Waals surface area contributed by atoms with E-state index in [1.807, 2.05) is 19.9 Å². The van der Waals surface area contributed by atoms with Crippen molar-refractivity contribution in [1.29, 1.82) is 0 Å². The zero-order valence-corrected chi connectivity index (χ0v) is 15.7. The van der Waals surface area contributed by atoms with E-state index in [-0.39, 0.29) is 11.9 Å². The molecule has 0 spiro atoms. The van der Waals surface area contributed by atoms with Crippen LogP contribution in [0.15, 0.2) is 30.3 Å². The highest BCUT2D eigenvalue weighted by Crippen LogP contribution is 2.14. The molecule has 1 aliphatic rings. The zero-order valence-electron chi connectivity index (χ0n) is 15.7. The predicted octanol–water partition coefficient (Wildman–Crippen LogP) is 2.17. The molecule has 5 heteroatoms. The van der Waals surface area contributed by atoms with Gasteiger partial charge in [-0.2, -0.15) is 0 Å². The molecular formula is C20H33N3O2. The summed E-state index contributed by atoms with van der Waals surface area (Å²) in [6.45, 7) is 9.00. The van der Waals surface area contributed by atoms with Crippen LogP contribution in [0, 0.1) is 0 Å². The molecule has 1 heterocycles. The van der Waals surface area contributed by atoms with Gasteiger partial charge in [0, 0.05) is 45.4 Å². The number of amides is 1. The van der Waals surface area contributed by atoms with Crippen molar-refractivity contribution in [2.24, 2.45) is 0 Å². The van der Waals surface area contributed by atoms with Crippen molar-refractivity contribution >= 4 is 5.91 Å². The SMILES string of the molecule is CCOCCCNC(=O)[C@@H](C)N1CCC(NCc2ccccc2)CC1. The van der Waals surface area contributed by atoms with E-state index in [1.165, 1.54) is 5.56 Å². The number of nitrogens with zero attached hydrogens (tertiary/aromatic N) is 1. The molecule has 1 aromatic carbocycles. The third-order valence-corrected chi connectivity index (χ3v) is 4.86. The van der Waals surface area contributed by atoms with Gasteiger partial charge in [-0.1, -0.05) is 30.3 Å². The molecule has 1 aromatic rings. The van der Waals surface area contributed by atoms with E-state index in [2.05, 4.69) is 39.8 Å². The Kier molecular flexibility index (Phi) is 8.94. The van der Waals surface area contributed by atoms with Crippen molar-refractivity contribution in [2.45, 2.75) is 51.7 Å². The minimum absolute atomic E-state index is 0.0535. The molecule has 0 bridgehead atoms. The van der Waals surface area contributed by atoms with Gasteiger partial charge in [-0.05, 0) is 38.7 Å². The van der Waals surface area contributed by atoms with Gasteiger partial charge in [0.1, 0.15) is 0 Å². The molecule has 140 valence electrons. The third-order valence-electron chi connectivity index (χ3n) is 4.86. The molecule has 0 aliphatic carbocycles. The largest absolute Gasteiger partial charge is 0.382 e. The first-order valence-electron chi connectivity index (χ1n) is 9.57. The number of hydrogen-bond donors (Lipinski definition) is 2. The summed E-state index contributed by atoms with van der Waals surface area (Å²) >= 11 is 0. The Morgan fingerprint density at radius 3 is 2.68 bits per heavy atom. The Morgan fingerprint density at radius 2 is 2.00 bits per heavy atom. The van der Waals surface area contributed by atoms with E-state index in [9.17, 15) is 4.79 Å². The highest BCUT2D eigenvalue weighted by Gasteiger charge is 2.26. The molecule has 1 saturated heterocycles. The first-order valence-corrected chi connectivity index (χ1v) is 9.57. The summed E-state index contributed by atoms with van der Waals surface area (Å²) in [5, 5.41) is 6.66. The first-order chi connectivity index (χ1) is 12.2. The number of ether oxygens (including phenoxy) is 1. The van der Waals surface area contributed by atoms with Crippen LogP contribution < -0.4 is 10.6 Å². The lowest BCUT2D eigenvalue weighted by Gasteiger charge is -2.35. The van der Waals surface area contributed by atoms with Crippen LogP contribution in [-0.2, 0) is 16.1 Å². The van der Waals surface area contributed by atoms with Crippen LogP contribution in [0.5, 0.6) is 0 Å². The van der Waals surface area contributed by atoms with Crippen molar-refractivity contribution in [3.8, 4) is 0 Å². The van der Waals surface area contributed by atoms with Gasteiger partial charge >= 0.3 is 0 Å².